The molecule has 1 aliphatic carbocycles. The molecule has 6 heteroatoms. The van der Waals surface area contributed by atoms with E-state index in [2.05, 4.69) is 17.1 Å². The molecule has 28 heavy (non-hydrogen) atoms. The first-order chi connectivity index (χ1) is 13.7. The monoisotopic (exact) mass is 384 g/mol. The van der Waals surface area contributed by atoms with Crippen molar-refractivity contribution >= 4 is 17.1 Å². The SMILES string of the molecule is CCN1CCC[C@H]1CNC(=O)n1c(=O)n(CC2CCCCC2)c2ccccc21. The summed E-state index contributed by atoms with van der Waals surface area (Å²) in [5.41, 5.74) is 1.37. The third kappa shape index (κ3) is 3.75. The summed E-state index contributed by atoms with van der Waals surface area (Å²) in [6.45, 7) is 5.56. The Morgan fingerprint density at radius 2 is 1.82 bits per heavy atom. The molecule has 152 valence electrons. The lowest BCUT2D eigenvalue weighted by Gasteiger charge is -2.22. The molecule has 0 spiro atoms. The molecule has 1 aromatic carbocycles. The summed E-state index contributed by atoms with van der Waals surface area (Å²) in [6.07, 6.45) is 8.41. The number of rotatable bonds is 5. The van der Waals surface area contributed by atoms with Gasteiger partial charge in [0.15, 0.2) is 0 Å². The Morgan fingerprint density at radius 1 is 1.07 bits per heavy atom. The van der Waals surface area contributed by atoms with Gasteiger partial charge in [-0.3, -0.25) is 9.47 Å². The van der Waals surface area contributed by atoms with E-state index in [1.165, 1.54) is 43.1 Å². The molecule has 1 saturated carbocycles. The van der Waals surface area contributed by atoms with Crippen LogP contribution in [0.1, 0.15) is 51.9 Å². The molecule has 1 aromatic heterocycles. The number of nitrogens with zero attached hydrogens (tertiary/aromatic N) is 3. The van der Waals surface area contributed by atoms with E-state index in [9.17, 15) is 9.59 Å². The van der Waals surface area contributed by atoms with Gasteiger partial charge in [-0.2, -0.15) is 0 Å². The van der Waals surface area contributed by atoms with Crippen LogP contribution < -0.4 is 11.0 Å². The van der Waals surface area contributed by atoms with E-state index in [0.717, 1.165) is 25.0 Å². The lowest BCUT2D eigenvalue weighted by atomic mass is 9.89. The molecule has 4 rings (SSSR count). The average Bonchev–Trinajstić information content (AvgIpc) is 3.29. The summed E-state index contributed by atoms with van der Waals surface area (Å²) in [5.74, 6) is 0.533. The van der Waals surface area contributed by atoms with Crippen LogP contribution in [0.3, 0.4) is 0 Å². The number of amides is 1. The number of para-hydroxylation sites is 2. The van der Waals surface area contributed by atoms with E-state index >= 15 is 0 Å². The zero-order chi connectivity index (χ0) is 19.5. The fourth-order valence-electron chi connectivity index (χ4n) is 5.04. The number of aromatic nitrogens is 2. The van der Waals surface area contributed by atoms with Gasteiger partial charge in [-0.15, -0.1) is 0 Å². The quantitative estimate of drug-likeness (QED) is 0.859. The second-order valence-electron chi connectivity index (χ2n) is 8.33. The predicted molar refractivity (Wildman–Crippen MR) is 112 cm³/mol. The van der Waals surface area contributed by atoms with Crippen molar-refractivity contribution in [1.29, 1.82) is 0 Å². The van der Waals surface area contributed by atoms with E-state index in [4.69, 9.17) is 0 Å². The van der Waals surface area contributed by atoms with Gasteiger partial charge in [-0.1, -0.05) is 38.3 Å². The molecular formula is C22H32N4O2. The van der Waals surface area contributed by atoms with Crippen molar-refractivity contribution in [2.45, 2.75) is 64.5 Å². The van der Waals surface area contributed by atoms with Crippen molar-refractivity contribution < 1.29 is 4.79 Å². The van der Waals surface area contributed by atoms with Gasteiger partial charge in [0.2, 0.25) is 0 Å². The predicted octanol–water partition coefficient (Wildman–Crippen LogP) is 3.43. The zero-order valence-electron chi connectivity index (χ0n) is 16.9. The smallest absolute Gasteiger partial charge is 0.336 e. The van der Waals surface area contributed by atoms with Crippen LogP contribution in [-0.2, 0) is 6.54 Å². The number of hydrogen-bond acceptors (Lipinski definition) is 3. The van der Waals surface area contributed by atoms with Gasteiger partial charge < -0.3 is 5.32 Å². The highest BCUT2D eigenvalue weighted by atomic mass is 16.2. The Labute approximate surface area is 166 Å². The maximum atomic E-state index is 13.2. The van der Waals surface area contributed by atoms with Crippen LogP contribution in [0.5, 0.6) is 0 Å². The minimum Gasteiger partial charge on any atom is -0.336 e. The van der Waals surface area contributed by atoms with Gasteiger partial charge in [-0.05, 0) is 56.8 Å². The van der Waals surface area contributed by atoms with Crippen LogP contribution >= 0.6 is 0 Å². The summed E-state index contributed by atoms with van der Waals surface area (Å²) in [6, 6.07) is 7.75. The molecule has 1 saturated heterocycles. The molecule has 0 bridgehead atoms. The highest BCUT2D eigenvalue weighted by Gasteiger charge is 2.25. The molecule has 2 aliphatic rings. The molecule has 1 aliphatic heterocycles. The fourth-order valence-corrected chi connectivity index (χ4v) is 5.04. The Hall–Kier alpha value is -2.08. The molecule has 1 N–H and O–H groups in total. The molecule has 6 nitrogen and oxygen atoms in total. The molecule has 0 radical (unpaired) electrons. The molecule has 2 aromatic rings. The first-order valence-electron chi connectivity index (χ1n) is 10.9. The summed E-state index contributed by atoms with van der Waals surface area (Å²) in [5, 5.41) is 3.02. The van der Waals surface area contributed by atoms with Crippen LogP contribution in [0.15, 0.2) is 29.1 Å². The highest BCUT2D eigenvalue weighted by molar-refractivity contribution is 5.89. The molecule has 2 fully saturated rings. The standard InChI is InChI=1S/C22H32N4O2/c1-2-24-14-8-11-18(24)15-23-21(27)26-20-13-7-6-12-19(20)25(22(26)28)16-17-9-4-3-5-10-17/h6-7,12-13,17-18H,2-5,8-11,14-16H2,1H3,(H,23,27)/t18-/m0/s1. The number of likely N-dealkylation sites (tertiary alicyclic amines) is 1. The number of hydrogen-bond donors (Lipinski definition) is 1. The molecular weight excluding hydrogens is 352 g/mol. The highest BCUT2D eigenvalue weighted by Crippen LogP contribution is 2.26. The first-order valence-corrected chi connectivity index (χ1v) is 10.9. The minimum atomic E-state index is -0.299. The van der Waals surface area contributed by atoms with Crippen molar-refractivity contribution in [2.75, 3.05) is 19.6 Å². The van der Waals surface area contributed by atoms with Crippen molar-refractivity contribution in [3.05, 3.63) is 34.7 Å². The summed E-state index contributed by atoms with van der Waals surface area (Å²) in [4.78, 5) is 28.5. The third-order valence-corrected chi connectivity index (χ3v) is 6.60. The van der Waals surface area contributed by atoms with E-state index in [1.54, 1.807) is 0 Å². The summed E-state index contributed by atoms with van der Waals surface area (Å²) < 4.78 is 3.15. The van der Waals surface area contributed by atoms with Crippen molar-refractivity contribution in [3.8, 4) is 0 Å². The third-order valence-electron chi connectivity index (χ3n) is 6.60. The number of carbonyl (C=O) groups excluding carboxylic acids is 1. The minimum absolute atomic E-state index is 0.206. The number of fused-ring (bicyclic) bond motifs is 1. The Bertz CT molecular complexity index is 878. The van der Waals surface area contributed by atoms with Crippen molar-refractivity contribution in [3.63, 3.8) is 0 Å². The topological polar surface area (TPSA) is 59.3 Å². The number of carbonyl (C=O) groups is 1. The van der Waals surface area contributed by atoms with Crippen LogP contribution in [0.25, 0.3) is 11.0 Å². The number of likely N-dealkylation sites (N-methyl/N-ethyl adjacent to an activating group) is 1. The van der Waals surface area contributed by atoms with Crippen molar-refractivity contribution in [2.24, 2.45) is 5.92 Å². The van der Waals surface area contributed by atoms with Gasteiger partial charge in [0, 0.05) is 19.1 Å². The zero-order valence-corrected chi connectivity index (χ0v) is 16.9. The number of imidazole rings is 1. The molecule has 2 heterocycles. The van der Waals surface area contributed by atoms with Crippen LogP contribution in [-0.4, -0.2) is 45.7 Å². The lowest BCUT2D eigenvalue weighted by Crippen LogP contribution is -2.44. The van der Waals surface area contributed by atoms with Crippen LogP contribution in [0, 0.1) is 5.92 Å². The molecule has 1 atom stereocenters. The number of nitrogens with one attached hydrogen (secondary N) is 1. The normalized spacial score (nSPS) is 21.4. The van der Waals surface area contributed by atoms with Gasteiger partial charge in [0.05, 0.1) is 11.0 Å². The maximum absolute atomic E-state index is 13.2. The second-order valence-corrected chi connectivity index (χ2v) is 8.33. The Kier molecular flexibility index (Phi) is 5.85. The van der Waals surface area contributed by atoms with Crippen molar-refractivity contribution in [1.82, 2.24) is 19.4 Å². The Morgan fingerprint density at radius 3 is 2.57 bits per heavy atom. The molecule has 0 unspecified atom stereocenters. The van der Waals surface area contributed by atoms with E-state index in [1.807, 2.05) is 28.8 Å². The van der Waals surface area contributed by atoms with Gasteiger partial charge in [0.25, 0.3) is 0 Å². The first kappa shape index (κ1) is 19.2. The molecule has 1 amide bonds. The summed E-state index contributed by atoms with van der Waals surface area (Å²) in [7, 11) is 0. The average molecular weight is 385 g/mol. The van der Waals surface area contributed by atoms with E-state index < -0.39 is 0 Å². The van der Waals surface area contributed by atoms with Crippen LogP contribution in [0.4, 0.5) is 4.79 Å². The van der Waals surface area contributed by atoms with Gasteiger partial charge in [0.1, 0.15) is 0 Å². The second kappa shape index (κ2) is 8.52. The lowest BCUT2D eigenvalue weighted by molar-refractivity contribution is 0.229. The number of benzene rings is 1. The van der Waals surface area contributed by atoms with Gasteiger partial charge >= 0.3 is 11.7 Å². The maximum Gasteiger partial charge on any atom is 0.337 e. The Balaban J connectivity index is 1.57. The van der Waals surface area contributed by atoms with E-state index in [-0.39, 0.29) is 11.7 Å². The van der Waals surface area contributed by atoms with Crippen LogP contribution in [0.2, 0.25) is 0 Å². The summed E-state index contributed by atoms with van der Waals surface area (Å²) >= 11 is 0. The fraction of sp³-hybridized carbons (Fsp3) is 0.636. The van der Waals surface area contributed by atoms with Gasteiger partial charge in [-0.25, -0.2) is 14.2 Å². The van der Waals surface area contributed by atoms with E-state index in [0.29, 0.717) is 30.6 Å². The largest absolute Gasteiger partial charge is 0.337 e.